The molecule has 132 valence electrons. The first-order chi connectivity index (χ1) is 12.6. The predicted molar refractivity (Wildman–Crippen MR) is 98.0 cm³/mol. The SMILES string of the molecule is O=c1[nH]c(-c2cncnc2)nc2c1CCN(Cc1ccc(Cl)nc1Cl)C2. The van der Waals surface area contributed by atoms with Gasteiger partial charge in [0.05, 0.1) is 11.3 Å². The number of aromatic amines is 1. The number of H-pyrrole nitrogens is 1. The van der Waals surface area contributed by atoms with Crippen LogP contribution in [-0.2, 0) is 19.5 Å². The molecule has 0 radical (unpaired) electrons. The number of halogens is 2. The molecule has 7 nitrogen and oxygen atoms in total. The maximum absolute atomic E-state index is 12.4. The zero-order chi connectivity index (χ0) is 18.1. The minimum atomic E-state index is -0.111. The van der Waals surface area contributed by atoms with Crippen LogP contribution in [0, 0.1) is 0 Å². The first-order valence-corrected chi connectivity index (χ1v) is 8.76. The average molecular weight is 389 g/mol. The Labute approximate surface area is 159 Å². The molecule has 0 amide bonds. The lowest BCUT2D eigenvalue weighted by Crippen LogP contribution is -2.35. The lowest BCUT2D eigenvalue weighted by atomic mass is 10.1. The Kier molecular flexibility index (Phi) is 4.67. The second-order valence-electron chi connectivity index (χ2n) is 6.01. The summed E-state index contributed by atoms with van der Waals surface area (Å²) in [7, 11) is 0. The molecular weight excluding hydrogens is 375 g/mol. The molecule has 1 aliphatic heterocycles. The molecule has 0 fully saturated rings. The van der Waals surface area contributed by atoms with Gasteiger partial charge in [-0.05, 0) is 12.5 Å². The summed E-state index contributed by atoms with van der Waals surface area (Å²) in [5.41, 5.74) is 2.94. The monoisotopic (exact) mass is 388 g/mol. The Balaban J connectivity index is 1.61. The highest BCUT2D eigenvalue weighted by molar-refractivity contribution is 6.32. The highest BCUT2D eigenvalue weighted by Crippen LogP contribution is 2.22. The number of pyridine rings is 1. The molecule has 0 unspecified atom stereocenters. The van der Waals surface area contributed by atoms with Crippen molar-refractivity contribution < 1.29 is 0 Å². The van der Waals surface area contributed by atoms with Crippen LogP contribution in [0.15, 0.2) is 35.6 Å². The van der Waals surface area contributed by atoms with Gasteiger partial charge in [-0.2, -0.15) is 0 Å². The van der Waals surface area contributed by atoms with Crippen LogP contribution in [0.1, 0.15) is 16.8 Å². The first kappa shape index (κ1) is 17.1. The summed E-state index contributed by atoms with van der Waals surface area (Å²) in [6.07, 6.45) is 5.31. The van der Waals surface area contributed by atoms with Crippen LogP contribution >= 0.6 is 23.2 Å². The number of hydrogen-bond donors (Lipinski definition) is 1. The molecule has 0 saturated carbocycles. The molecule has 0 aliphatic carbocycles. The average Bonchev–Trinajstić information content (AvgIpc) is 2.64. The highest BCUT2D eigenvalue weighted by atomic mass is 35.5. The zero-order valence-corrected chi connectivity index (χ0v) is 15.1. The van der Waals surface area contributed by atoms with Crippen molar-refractivity contribution in [2.24, 2.45) is 0 Å². The molecule has 0 saturated heterocycles. The number of nitrogens with one attached hydrogen (secondary N) is 1. The summed E-state index contributed by atoms with van der Waals surface area (Å²) in [5, 5.41) is 0.759. The first-order valence-electron chi connectivity index (χ1n) is 8.01. The zero-order valence-electron chi connectivity index (χ0n) is 13.6. The van der Waals surface area contributed by atoms with Crippen LogP contribution in [0.2, 0.25) is 10.3 Å². The number of aromatic nitrogens is 5. The summed E-state index contributed by atoms with van der Waals surface area (Å²) < 4.78 is 0. The van der Waals surface area contributed by atoms with Crippen molar-refractivity contribution in [3.8, 4) is 11.4 Å². The summed E-state index contributed by atoms with van der Waals surface area (Å²) >= 11 is 12.0. The smallest absolute Gasteiger partial charge is 0.254 e. The van der Waals surface area contributed by atoms with Crippen molar-refractivity contribution in [2.75, 3.05) is 6.54 Å². The summed E-state index contributed by atoms with van der Waals surface area (Å²) in [4.78, 5) is 34.1. The van der Waals surface area contributed by atoms with Crippen LogP contribution in [-0.4, -0.2) is 36.4 Å². The van der Waals surface area contributed by atoms with E-state index in [9.17, 15) is 4.79 Å². The fourth-order valence-electron chi connectivity index (χ4n) is 2.99. The van der Waals surface area contributed by atoms with Gasteiger partial charge in [-0.15, -0.1) is 0 Å². The molecule has 3 aromatic rings. The Morgan fingerprint density at radius 2 is 1.96 bits per heavy atom. The molecule has 1 N–H and O–H groups in total. The third-order valence-corrected chi connectivity index (χ3v) is 4.81. The van der Waals surface area contributed by atoms with Crippen molar-refractivity contribution in [3.63, 3.8) is 0 Å². The van der Waals surface area contributed by atoms with E-state index >= 15 is 0 Å². The van der Waals surface area contributed by atoms with Crippen molar-refractivity contribution in [1.29, 1.82) is 0 Å². The van der Waals surface area contributed by atoms with Crippen molar-refractivity contribution in [1.82, 2.24) is 29.8 Å². The van der Waals surface area contributed by atoms with Crippen LogP contribution in [0.25, 0.3) is 11.4 Å². The number of hydrogen-bond acceptors (Lipinski definition) is 6. The Hall–Kier alpha value is -2.35. The molecule has 3 aromatic heterocycles. The van der Waals surface area contributed by atoms with E-state index in [-0.39, 0.29) is 5.56 Å². The van der Waals surface area contributed by atoms with Crippen molar-refractivity contribution in [2.45, 2.75) is 19.5 Å². The van der Waals surface area contributed by atoms with E-state index in [4.69, 9.17) is 23.2 Å². The minimum absolute atomic E-state index is 0.111. The third-order valence-electron chi connectivity index (χ3n) is 4.27. The molecule has 0 atom stereocenters. The maximum Gasteiger partial charge on any atom is 0.254 e. The molecule has 4 heterocycles. The standard InChI is InChI=1S/C17H14Cl2N6O/c18-14-2-1-10(15(19)23-14)7-25-4-3-12-13(8-25)22-16(24-17(12)26)11-5-20-9-21-6-11/h1-2,5-6,9H,3-4,7-8H2,(H,22,24,26). The molecule has 26 heavy (non-hydrogen) atoms. The Morgan fingerprint density at radius 3 is 2.73 bits per heavy atom. The van der Waals surface area contributed by atoms with E-state index < -0.39 is 0 Å². The summed E-state index contributed by atoms with van der Waals surface area (Å²) in [6, 6.07) is 3.59. The maximum atomic E-state index is 12.4. The predicted octanol–water partition coefficient (Wildman–Crippen LogP) is 2.49. The van der Waals surface area contributed by atoms with Crippen LogP contribution in [0.5, 0.6) is 0 Å². The van der Waals surface area contributed by atoms with Crippen LogP contribution < -0.4 is 5.56 Å². The second-order valence-corrected chi connectivity index (χ2v) is 6.76. The Bertz CT molecular complexity index is 1010. The number of rotatable bonds is 3. The van der Waals surface area contributed by atoms with Crippen molar-refractivity contribution >= 4 is 23.2 Å². The fraction of sp³-hybridized carbons (Fsp3) is 0.235. The van der Waals surface area contributed by atoms with Gasteiger partial charge in [0.15, 0.2) is 0 Å². The van der Waals surface area contributed by atoms with Gasteiger partial charge in [-0.3, -0.25) is 9.69 Å². The number of fused-ring (bicyclic) bond motifs is 1. The minimum Gasteiger partial charge on any atom is -0.306 e. The molecule has 1 aliphatic rings. The van der Waals surface area contributed by atoms with E-state index in [2.05, 4.69) is 29.8 Å². The lowest BCUT2D eigenvalue weighted by Gasteiger charge is -2.27. The van der Waals surface area contributed by atoms with Gasteiger partial charge >= 0.3 is 0 Å². The quantitative estimate of drug-likeness (QED) is 0.693. The van der Waals surface area contributed by atoms with E-state index in [0.29, 0.717) is 41.2 Å². The molecule has 0 aromatic carbocycles. The van der Waals surface area contributed by atoms with Gasteiger partial charge in [0.25, 0.3) is 5.56 Å². The van der Waals surface area contributed by atoms with E-state index in [1.807, 2.05) is 6.07 Å². The van der Waals surface area contributed by atoms with Gasteiger partial charge in [0.1, 0.15) is 22.5 Å². The molecule has 4 rings (SSSR count). The van der Waals surface area contributed by atoms with Crippen LogP contribution in [0.4, 0.5) is 0 Å². The van der Waals surface area contributed by atoms with Gasteiger partial charge in [-0.25, -0.2) is 19.9 Å². The molecular formula is C17H14Cl2N6O. The molecule has 0 bridgehead atoms. The second kappa shape index (κ2) is 7.11. The van der Waals surface area contributed by atoms with E-state index in [1.165, 1.54) is 6.33 Å². The topological polar surface area (TPSA) is 87.7 Å². The Morgan fingerprint density at radius 1 is 1.15 bits per heavy atom. The highest BCUT2D eigenvalue weighted by Gasteiger charge is 2.22. The largest absolute Gasteiger partial charge is 0.306 e. The molecule has 9 heteroatoms. The van der Waals surface area contributed by atoms with Gasteiger partial charge in [0.2, 0.25) is 0 Å². The normalized spacial score (nSPS) is 14.2. The summed E-state index contributed by atoms with van der Waals surface area (Å²) in [6.45, 7) is 1.91. The van der Waals surface area contributed by atoms with E-state index in [0.717, 1.165) is 23.4 Å². The third kappa shape index (κ3) is 3.46. The summed E-state index contributed by atoms with van der Waals surface area (Å²) in [5.74, 6) is 0.474. The van der Waals surface area contributed by atoms with Crippen molar-refractivity contribution in [3.05, 3.63) is 68.3 Å². The fourth-order valence-corrected chi connectivity index (χ4v) is 3.39. The van der Waals surface area contributed by atoms with E-state index in [1.54, 1.807) is 18.5 Å². The lowest BCUT2D eigenvalue weighted by molar-refractivity contribution is 0.240. The van der Waals surface area contributed by atoms with Crippen LogP contribution in [0.3, 0.4) is 0 Å². The van der Waals surface area contributed by atoms with Gasteiger partial charge < -0.3 is 4.98 Å². The molecule has 0 spiro atoms. The van der Waals surface area contributed by atoms with Gasteiger partial charge in [-0.1, -0.05) is 29.3 Å². The van der Waals surface area contributed by atoms with Gasteiger partial charge in [0, 0.05) is 43.2 Å². The number of nitrogens with zero attached hydrogens (tertiary/aromatic N) is 5.